The van der Waals surface area contributed by atoms with E-state index in [9.17, 15) is 19.3 Å². The Morgan fingerprint density at radius 3 is 2.34 bits per heavy atom. The minimum Gasteiger partial charge on any atom is -0.497 e. The first-order valence-corrected chi connectivity index (χ1v) is 9.68. The molecule has 0 radical (unpaired) electrons. The van der Waals surface area contributed by atoms with Gasteiger partial charge in [-0.05, 0) is 53.1 Å². The highest BCUT2D eigenvalue weighted by atomic mass is 19.1. The third-order valence-corrected chi connectivity index (χ3v) is 4.48. The number of esters is 1. The van der Waals surface area contributed by atoms with E-state index in [1.807, 2.05) is 24.3 Å². The summed E-state index contributed by atoms with van der Waals surface area (Å²) in [6.45, 7) is 0. The van der Waals surface area contributed by atoms with Gasteiger partial charge >= 0.3 is 5.97 Å². The van der Waals surface area contributed by atoms with Crippen LogP contribution in [0.3, 0.4) is 0 Å². The van der Waals surface area contributed by atoms with Gasteiger partial charge in [-0.3, -0.25) is 14.9 Å². The monoisotopic (exact) mass is 433 g/mol. The molecule has 0 fully saturated rings. The number of hydrogen-bond acceptors (Lipinski definition) is 5. The van der Waals surface area contributed by atoms with Crippen molar-refractivity contribution in [1.82, 2.24) is 0 Å². The molecular formula is C25H20FNO5. The normalized spacial score (nSPS) is 11.4. The van der Waals surface area contributed by atoms with Crippen molar-refractivity contribution in [2.75, 3.05) is 7.11 Å². The first-order chi connectivity index (χ1) is 15.5. The van der Waals surface area contributed by atoms with Crippen LogP contribution in [-0.4, -0.2) is 18.0 Å². The maximum Gasteiger partial charge on any atom is 0.315 e. The number of nitro groups is 1. The molecule has 0 amide bonds. The van der Waals surface area contributed by atoms with Crippen LogP contribution in [0.2, 0.25) is 0 Å². The second kappa shape index (κ2) is 10.7. The summed E-state index contributed by atoms with van der Waals surface area (Å²) in [7, 11) is 1.57. The molecule has 0 unspecified atom stereocenters. The summed E-state index contributed by atoms with van der Waals surface area (Å²) in [5.74, 6) is 0.0194. The Bertz CT molecular complexity index is 1170. The van der Waals surface area contributed by atoms with E-state index >= 15 is 0 Å². The van der Waals surface area contributed by atoms with Gasteiger partial charge in [0.2, 0.25) is 0 Å². The Balaban J connectivity index is 1.74. The van der Waals surface area contributed by atoms with Gasteiger partial charge in [0.25, 0.3) is 5.69 Å². The molecule has 3 aromatic rings. The van der Waals surface area contributed by atoms with E-state index in [1.54, 1.807) is 37.5 Å². The highest BCUT2D eigenvalue weighted by molar-refractivity contribution is 5.81. The lowest BCUT2D eigenvalue weighted by atomic mass is 9.97. The number of rotatable bonds is 8. The van der Waals surface area contributed by atoms with Gasteiger partial charge in [-0.25, -0.2) is 4.39 Å². The van der Waals surface area contributed by atoms with Crippen molar-refractivity contribution in [3.8, 4) is 11.5 Å². The summed E-state index contributed by atoms with van der Waals surface area (Å²) in [6.07, 6.45) is 5.08. The molecule has 0 aliphatic rings. The Kier molecular flexibility index (Phi) is 7.48. The molecule has 3 rings (SSSR count). The molecule has 0 spiro atoms. The quantitative estimate of drug-likeness (QED) is 0.149. The number of hydrogen-bond donors (Lipinski definition) is 0. The van der Waals surface area contributed by atoms with E-state index in [4.69, 9.17) is 9.47 Å². The number of ether oxygens (including phenoxy) is 2. The zero-order valence-corrected chi connectivity index (χ0v) is 17.2. The maximum absolute atomic E-state index is 13.8. The molecule has 0 atom stereocenters. The summed E-state index contributed by atoms with van der Waals surface area (Å²) in [5.41, 5.74) is 2.17. The van der Waals surface area contributed by atoms with Crippen LogP contribution in [0.4, 0.5) is 10.1 Å². The summed E-state index contributed by atoms with van der Waals surface area (Å²) >= 11 is 0. The highest BCUT2D eigenvalue weighted by Crippen LogP contribution is 2.27. The van der Waals surface area contributed by atoms with Crippen LogP contribution in [0.1, 0.15) is 17.5 Å². The zero-order valence-electron chi connectivity index (χ0n) is 17.2. The van der Waals surface area contributed by atoms with Gasteiger partial charge in [0, 0.05) is 12.1 Å². The molecule has 0 aliphatic carbocycles. The Morgan fingerprint density at radius 1 is 1.00 bits per heavy atom. The van der Waals surface area contributed by atoms with Crippen LogP contribution in [-0.2, 0) is 4.79 Å². The number of non-ortho nitro benzene ring substituents is 1. The number of benzene rings is 3. The molecule has 0 N–H and O–H groups in total. The number of methoxy groups -OCH3 is 1. The van der Waals surface area contributed by atoms with Gasteiger partial charge in [-0.15, -0.1) is 0 Å². The fourth-order valence-corrected chi connectivity index (χ4v) is 2.94. The summed E-state index contributed by atoms with van der Waals surface area (Å²) < 4.78 is 24.2. The maximum atomic E-state index is 13.8. The molecular weight excluding hydrogens is 413 g/mol. The topological polar surface area (TPSA) is 78.7 Å². The van der Waals surface area contributed by atoms with Crippen molar-refractivity contribution >= 4 is 17.2 Å². The number of nitro benzene ring substituents is 1. The second-order valence-corrected chi connectivity index (χ2v) is 6.68. The van der Waals surface area contributed by atoms with Gasteiger partial charge < -0.3 is 9.47 Å². The fourth-order valence-electron chi connectivity index (χ4n) is 2.94. The Morgan fingerprint density at radius 2 is 1.69 bits per heavy atom. The number of nitrogens with zero attached hydrogens (tertiary/aromatic N) is 1. The number of carbonyl (C=O) groups excluding carboxylic acids is 1. The minimum absolute atomic E-state index is 0.0119. The summed E-state index contributed by atoms with van der Waals surface area (Å²) in [6, 6.07) is 18.9. The summed E-state index contributed by atoms with van der Waals surface area (Å²) in [5, 5.41) is 10.7. The minimum atomic E-state index is -0.529. The van der Waals surface area contributed by atoms with Crippen molar-refractivity contribution < 1.29 is 23.6 Å². The standard InChI is InChI=1S/C25H20FNO5/c1-31-23-9-5-7-19(17-23)24(18-6-4-8-20(26)16-18)10-2-3-11-25(28)32-22-14-12-21(13-15-22)27(29)30/h2-10,12-17H,11H2,1H3/b3-2+,24-10+. The van der Waals surface area contributed by atoms with E-state index in [0.29, 0.717) is 11.3 Å². The molecule has 0 heterocycles. The van der Waals surface area contributed by atoms with Crippen molar-refractivity contribution in [1.29, 1.82) is 0 Å². The molecule has 32 heavy (non-hydrogen) atoms. The third-order valence-electron chi connectivity index (χ3n) is 4.48. The predicted molar refractivity (Wildman–Crippen MR) is 119 cm³/mol. The van der Waals surface area contributed by atoms with Gasteiger partial charge in [0.05, 0.1) is 18.5 Å². The molecule has 7 heteroatoms. The molecule has 0 bridgehead atoms. The average Bonchev–Trinajstić information content (AvgIpc) is 2.79. The molecule has 6 nitrogen and oxygen atoms in total. The average molecular weight is 433 g/mol. The van der Waals surface area contributed by atoms with Crippen LogP contribution in [0.5, 0.6) is 11.5 Å². The smallest absolute Gasteiger partial charge is 0.315 e. The van der Waals surface area contributed by atoms with Crippen molar-refractivity contribution in [3.63, 3.8) is 0 Å². The number of halogens is 1. The van der Waals surface area contributed by atoms with E-state index in [0.717, 1.165) is 11.1 Å². The number of carbonyl (C=O) groups is 1. The molecule has 0 saturated carbocycles. The SMILES string of the molecule is COc1cccc(/C(=C/C=C/CC(=O)Oc2ccc([N+](=O)[O-])cc2)c2cccc(F)c2)c1. The summed E-state index contributed by atoms with van der Waals surface area (Å²) in [4.78, 5) is 22.2. The van der Waals surface area contributed by atoms with Crippen LogP contribution < -0.4 is 9.47 Å². The molecule has 0 aromatic heterocycles. The number of allylic oxidation sites excluding steroid dienone is 2. The lowest BCUT2D eigenvalue weighted by molar-refractivity contribution is -0.384. The second-order valence-electron chi connectivity index (χ2n) is 6.68. The Labute approximate surface area is 184 Å². The highest BCUT2D eigenvalue weighted by Gasteiger charge is 2.08. The molecule has 0 aliphatic heterocycles. The lowest BCUT2D eigenvalue weighted by Gasteiger charge is -2.10. The van der Waals surface area contributed by atoms with Crippen molar-refractivity contribution in [2.24, 2.45) is 0 Å². The van der Waals surface area contributed by atoms with Crippen LogP contribution in [0.25, 0.3) is 5.57 Å². The van der Waals surface area contributed by atoms with Gasteiger partial charge in [0.15, 0.2) is 0 Å². The van der Waals surface area contributed by atoms with Crippen LogP contribution in [0.15, 0.2) is 91.0 Å². The van der Waals surface area contributed by atoms with E-state index in [1.165, 1.54) is 36.4 Å². The fraction of sp³-hybridized carbons (Fsp3) is 0.0800. The van der Waals surface area contributed by atoms with E-state index in [2.05, 4.69) is 0 Å². The first-order valence-electron chi connectivity index (χ1n) is 9.68. The van der Waals surface area contributed by atoms with Crippen molar-refractivity contribution in [3.05, 3.63) is 118 Å². The Hall–Kier alpha value is -4.26. The molecule has 3 aromatic carbocycles. The van der Waals surface area contributed by atoms with Gasteiger partial charge in [-0.2, -0.15) is 0 Å². The lowest BCUT2D eigenvalue weighted by Crippen LogP contribution is -2.06. The third kappa shape index (κ3) is 6.12. The van der Waals surface area contributed by atoms with E-state index < -0.39 is 10.9 Å². The van der Waals surface area contributed by atoms with Crippen LogP contribution in [0, 0.1) is 15.9 Å². The molecule has 0 saturated heterocycles. The molecule has 162 valence electrons. The largest absolute Gasteiger partial charge is 0.497 e. The van der Waals surface area contributed by atoms with Crippen molar-refractivity contribution in [2.45, 2.75) is 6.42 Å². The first kappa shape index (κ1) is 22.4. The van der Waals surface area contributed by atoms with Crippen LogP contribution >= 0.6 is 0 Å². The van der Waals surface area contributed by atoms with Gasteiger partial charge in [-0.1, -0.05) is 42.5 Å². The van der Waals surface area contributed by atoms with Gasteiger partial charge in [0.1, 0.15) is 17.3 Å². The zero-order chi connectivity index (χ0) is 22.9. The predicted octanol–water partition coefficient (Wildman–Crippen LogP) is 5.73. The van der Waals surface area contributed by atoms with E-state index in [-0.39, 0.29) is 23.7 Å².